The van der Waals surface area contributed by atoms with Crippen molar-refractivity contribution >= 4 is 16.9 Å². The number of primary amides is 1. The number of fused-ring (bicyclic) bond motifs is 1. The van der Waals surface area contributed by atoms with Gasteiger partial charge in [-0.3, -0.25) is 18.7 Å². The van der Waals surface area contributed by atoms with Crippen molar-refractivity contribution < 1.29 is 9.32 Å². The average molecular weight is 238 g/mol. The first kappa shape index (κ1) is 11.1. The number of nitrogens with two attached hydrogens (primary N) is 1. The number of nitrogens with zero attached hydrogens (tertiary/aromatic N) is 3. The Balaban J connectivity index is 2.90. The molecule has 0 saturated carbocycles. The zero-order valence-electron chi connectivity index (χ0n) is 9.26. The van der Waals surface area contributed by atoms with Gasteiger partial charge >= 0.3 is 5.69 Å². The van der Waals surface area contributed by atoms with Gasteiger partial charge in [0, 0.05) is 14.1 Å². The second-order valence-corrected chi connectivity index (χ2v) is 3.65. The summed E-state index contributed by atoms with van der Waals surface area (Å²) >= 11 is 0. The number of rotatable bonds is 2. The maximum Gasteiger partial charge on any atom is 0.332 e. The summed E-state index contributed by atoms with van der Waals surface area (Å²) in [6.07, 6.45) is -0.232. The first-order chi connectivity index (χ1) is 7.93. The van der Waals surface area contributed by atoms with E-state index in [9.17, 15) is 14.4 Å². The van der Waals surface area contributed by atoms with Gasteiger partial charge in [-0.25, -0.2) is 4.79 Å². The molecule has 0 spiro atoms. The van der Waals surface area contributed by atoms with Crippen molar-refractivity contribution in [3.8, 4) is 0 Å². The van der Waals surface area contributed by atoms with Crippen molar-refractivity contribution in [3.05, 3.63) is 26.6 Å². The van der Waals surface area contributed by atoms with Crippen LogP contribution in [0.25, 0.3) is 11.0 Å². The van der Waals surface area contributed by atoms with E-state index in [2.05, 4.69) is 5.16 Å². The summed E-state index contributed by atoms with van der Waals surface area (Å²) in [7, 11) is 2.80. The molecule has 90 valence electrons. The Labute approximate surface area is 94.2 Å². The third-order valence-electron chi connectivity index (χ3n) is 2.49. The Morgan fingerprint density at radius 3 is 2.59 bits per heavy atom. The van der Waals surface area contributed by atoms with Gasteiger partial charge in [0.2, 0.25) is 5.91 Å². The van der Waals surface area contributed by atoms with Gasteiger partial charge in [-0.1, -0.05) is 5.16 Å². The summed E-state index contributed by atoms with van der Waals surface area (Å²) in [5.41, 5.74) is 4.06. The van der Waals surface area contributed by atoms with Crippen LogP contribution in [0.15, 0.2) is 14.1 Å². The van der Waals surface area contributed by atoms with Crippen molar-refractivity contribution in [2.45, 2.75) is 6.42 Å². The van der Waals surface area contributed by atoms with E-state index in [4.69, 9.17) is 10.3 Å². The summed E-state index contributed by atoms with van der Waals surface area (Å²) < 4.78 is 6.97. The molecule has 8 nitrogen and oxygen atoms in total. The molecule has 0 bridgehead atoms. The Hall–Kier alpha value is -2.38. The molecule has 0 unspecified atom stereocenters. The Kier molecular flexibility index (Phi) is 2.34. The lowest BCUT2D eigenvalue weighted by molar-refractivity contribution is -0.117. The second-order valence-electron chi connectivity index (χ2n) is 3.65. The van der Waals surface area contributed by atoms with Gasteiger partial charge in [0.25, 0.3) is 5.56 Å². The lowest BCUT2D eigenvalue weighted by atomic mass is 10.2. The van der Waals surface area contributed by atoms with E-state index in [1.165, 1.54) is 18.7 Å². The van der Waals surface area contributed by atoms with E-state index >= 15 is 0 Å². The van der Waals surface area contributed by atoms with Gasteiger partial charge in [0.1, 0.15) is 5.39 Å². The highest BCUT2D eigenvalue weighted by molar-refractivity contribution is 5.83. The highest BCUT2D eigenvalue weighted by Gasteiger charge is 2.19. The quantitative estimate of drug-likeness (QED) is 0.666. The molecule has 0 aliphatic rings. The molecule has 2 N–H and O–H groups in total. The molecule has 2 heterocycles. The number of aryl methyl sites for hydroxylation is 1. The fourth-order valence-corrected chi connectivity index (χ4v) is 1.61. The molecule has 2 aromatic rings. The fraction of sp³-hybridized carbons (Fsp3) is 0.333. The molecule has 2 aromatic heterocycles. The molecular formula is C9H10N4O4. The van der Waals surface area contributed by atoms with Crippen LogP contribution in [-0.4, -0.2) is 20.2 Å². The van der Waals surface area contributed by atoms with Gasteiger partial charge in [-0.15, -0.1) is 0 Å². The van der Waals surface area contributed by atoms with Crippen molar-refractivity contribution in [2.24, 2.45) is 19.8 Å². The average Bonchev–Trinajstić information content (AvgIpc) is 2.66. The molecule has 0 saturated heterocycles. The van der Waals surface area contributed by atoms with E-state index in [1.807, 2.05) is 0 Å². The van der Waals surface area contributed by atoms with Gasteiger partial charge in [0.05, 0.1) is 6.42 Å². The highest BCUT2D eigenvalue weighted by atomic mass is 16.5. The standard InChI is InChI=1S/C9H10N4O4/c1-12-7-6(8(15)13(2)9(12)16)4(17-11-7)3-5(10)14/h3H2,1-2H3,(H2,10,14). The molecule has 1 amide bonds. The predicted octanol–water partition coefficient (Wildman–Crippen LogP) is -1.75. The first-order valence-electron chi connectivity index (χ1n) is 4.76. The molecule has 2 rings (SSSR count). The number of carbonyl (C=O) groups excluding carboxylic acids is 1. The third-order valence-corrected chi connectivity index (χ3v) is 2.49. The van der Waals surface area contributed by atoms with E-state index < -0.39 is 17.2 Å². The van der Waals surface area contributed by atoms with E-state index in [0.29, 0.717) is 0 Å². The molecular weight excluding hydrogens is 228 g/mol. The van der Waals surface area contributed by atoms with Crippen LogP contribution in [0.3, 0.4) is 0 Å². The number of aromatic nitrogens is 3. The van der Waals surface area contributed by atoms with Crippen molar-refractivity contribution in [2.75, 3.05) is 0 Å². The molecule has 0 aliphatic heterocycles. The van der Waals surface area contributed by atoms with Crippen LogP contribution in [0, 0.1) is 0 Å². The van der Waals surface area contributed by atoms with Crippen LogP contribution in [-0.2, 0) is 25.3 Å². The van der Waals surface area contributed by atoms with Gasteiger partial charge in [-0.05, 0) is 0 Å². The maximum atomic E-state index is 11.9. The zero-order chi connectivity index (χ0) is 12.7. The maximum absolute atomic E-state index is 11.9. The minimum absolute atomic E-state index is 0.0729. The van der Waals surface area contributed by atoms with Crippen LogP contribution in [0.1, 0.15) is 5.76 Å². The number of carbonyl (C=O) groups is 1. The van der Waals surface area contributed by atoms with Gasteiger partial charge < -0.3 is 10.3 Å². The monoisotopic (exact) mass is 238 g/mol. The second kappa shape index (κ2) is 3.58. The normalized spacial score (nSPS) is 10.9. The Morgan fingerprint density at radius 1 is 1.35 bits per heavy atom. The summed E-state index contributed by atoms with van der Waals surface area (Å²) in [5.74, 6) is -0.567. The highest BCUT2D eigenvalue weighted by Crippen LogP contribution is 2.12. The van der Waals surface area contributed by atoms with Crippen molar-refractivity contribution in [1.82, 2.24) is 14.3 Å². The fourth-order valence-electron chi connectivity index (χ4n) is 1.61. The molecule has 8 heteroatoms. The van der Waals surface area contributed by atoms with Crippen LogP contribution in [0.4, 0.5) is 0 Å². The molecule has 0 aromatic carbocycles. The first-order valence-corrected chi connectivity index (χ1v) is 4.76. The lowest BCUT2D eigenvalue weighted by Crippen LogP contribution is -2.37. The predicted molar refractivity (Wildman–Crippen MR) is 57.4 cm³/mol. The minimum atomic E-state index is -0.640. The van der Waals surface area contributed by atoms with Crippen molar-refractivity contribution in [3.63, 3.8) is 0 Å². The lowest BCUT2D eigenvalue weighted by Gasteiger charge is -2.01. The zero-order valence-corrected chi connectivity index (χ0v) is 9.26. The van der Waals surface area contributed by atoms with Crippen LogP contribution in [0.5, 0.6) is 0 Å². The van der Waals surface area contributed by atoms with Gasteiger partial charge in [-0.2, -0.15) is 0 Å². The molecule has 0 aliphatic carbocycles. The summed E-state index contributed by atoms with van der Waals surface area (Å²) in [6, 6.07) is 0. The van der Waals surface area contributed by atoms with Crippen LogP contribution >= 0.6 is 0 Å². The third kappa shape index (κ3) is 1.53. The van der Waals surface area contributed by atoms with Crippen LogP contribution in [0.2, 0.25) is 0 Å². The summed E-state index contributed by atoms with van der Waals surface area (Å²) in [4.78, 5) is 34.3. The smallest absolute Gasteiger partial charge is 0.332 e. The number of hydrogen-bond acceptors (Lipinski definition) is 5. The number of hydrogen-bond donors (Lipinski definition) is 1. The summed E-state index contributed by atoms with van der Waals surface area (Å²) in [5, 5.41) is 3.71. The minimum Gasteiger partial charge on any atom is -0.369 e. The Bertz CT molecular complexity index is 721. The Morgan fingerprint density at radius 2 is 2.00 bits per heavy atom. The number of amides is 1. The van der Waals surface area contributed by atoms with Gasteiger partial charge in [0.15, 0.2) is 11.4 Å². The molecule has 17 heavy (non-hydrogen) atoms. The molecule has 0 atom stereocenters. The van der Waals surface area contributed by atoms with Crippen molar-refractivity contribution in [1.29, 1.82) is 0 Å². The van der Waals surface area contributed by atoms with Crippen LogP contribution < -0.4 is 17.0 Å². The topological polar surface area (TPSA) is 113 Å². The van der Waals surface area contributed by atoms with E-state index in [1.54, 1.807) is 0 Å². The summed E-state index contributed by atoms with van der Waals surface area (Å²) in [6.45, 7) is 0. The van der Waals surface area contributed by atoms with E-state index in [0.717, 1.165) is 4.57 Å². The SMILES string of the molecule is Cn1c(=O)c2c(CC(N)=O)onc2n(C)c1=O. The molecule has 0 radical (unpaired) electrons. The molecule has 0 fully saturated rings. The largest absolute Gasteiger partial charge is 0.369 e. The van der Waals surface area contributed by atoms with E-state index in [-0.39, 0.29) is 23.2 Å².